The van der Waals surface area contributed by atoms with Crippen LogP contribution in [0.3, 0.4) is 0 Å². The summed E-state index contributed by atoms with van der Waals surface area (Å²) in [7, 11) is 0. The molecule has 1 amide bonds. The lowest BCUT2D eigenvalue weighted by Gasteiger charge is -2.63. The summed E-state index contributed by atoms with van der Waals surface area (Å²) in [5, 5.41) is 21.9. The zero-order valence-electron chi connectivity index (χ0n) is 20.6. The Morgan fingerprint density at radius 3 is 2.40 bits per heavy atom. The number of ether oxygens (including phenoxy) is 1. The second kappa shape index (κ2) is 9.63. The maximum Gasteiger partial charge on any atom is 0.254 e. The summed E-state index contributed by atoms with van der Waals surface area (Å²) in [6.45, 7) is 10.1. The molecule has 1 saturated heterocycles. The number of carbonyl (C=O) groups is 1. The lowest BCUT2D eigenvalue weighted by Crippen LogP contribution is -2.74. The van der Waals surface area contributed by atoms with Gasteiger partial charge in [0, 0.05) is 55.0 Å². The largest absolute Gasteiger partial charge is 0.489 e. The summed E-state index contributed by atoms with van der Waals surface area (Å²) in [6.07, 6.45) is 4.78. The van der Waals surface area contributed by atoms with Crippen LogP contribution in [0.2, 0.25) is 5.02 Å². The van der Waals surface area contributed by atoms with Crippen molar-refractivity contribution in [3.05, 3.63) is 46.7 Å². The predicted molar refractivity (Wildman–Crippen MR) is 133 cm³/mol. The molecule has 2 N–H and O–H groups in total. The van der Waals surface area contributed by atoms with Crippen molar-refractivity contribution in [1.29, 1.82) is 5.26 Å². The average molecular weight is 498 g/mol. The van der Waals surface area contributed by atoms with Crippen LogP contribution in [0, 0.1) is 28.1 Å². The van der Waals surface area contributed by atoms with Crippen molar-refractivity contribution >= 4 is 23.5 Å². The number of rotatable bonds is 6. The number of nitrogens with one attached hydrogen (secondary N) is 1. The lowest BCUT2D eigenvalue weighted by molar-refractivity contribution is -0.164. The Kier molecular flexibility index (Phi) is 6.94. The van der Waals surface area contributed by atoms with E-state index in [1.165, 1.54) is 0 Å². The minimum atomic E-state index is -0.350. The van der Waals surface area contributed by atoms with E-state index >= 15 is 0 Å². The highest BCUT2D eigenvalue weighted by Crippen LogP contribution is 2.55. The maximum absolute atomic E-state index is 13.1. The van der Waals surface area contributed by atoms with Crippen molar-refractivity contribution in [3.8, 4) is 11.8 Å². The van der Waals surface area contributed by atoms with Crippen LogP contribution in [0.5, 0.6) is 5.75 Å². The number of halogens is 1. The molecule has 1 aromatic heterocycles. The maximum atomic E-state index is 13.1. The highest BCUT2D eigenvalue weighted by atomic mass is 35.5. The Hall–Kier alpha value is -2.89. The summed E-state index contributed by atoms with van der Waals surface area (Å²) >= 11 is 6.17. The molecule has 1 saturated carbocycles. The molecule has 2 aliphatic rings. The average Bonchev–Trinajstić information content (AvgIpc) is 2.85. The van der Waals surface area contributed by atoms with Crippen LogP contribution >= 0.6 is 11.6 Å². The molecule has 8 nitrogen and oxygen atoms in total. The van der Waals surface area contributed by atoms with Crippen LogP contribution in [-0.2, 0) is 0 Å². The number of amides is 1. The number of aromatic nitrogens is 2. The van der Waals surface area contributed by atoms with E-state index in [9.17, 15) is 9.90 Å². The summed E-state index contributed by atoms with van der Waals surface area (Å²) in [5.41, 5.74) is 0.113. The van der Waals surface area contributed by atoms with Gasteiger partial charge in [0.25, 0.3) is 5.91 Å². The van der Waals surface area contributed by atoms with Gasteiger partial charge in [0.15, 0.2) is 0 Å². The first-order valence-electron chi connectivity index (χ1n) is 11.9. The molecule has 0 unspecified atom stereocenters. The monoisotopic (exact) mass is 497 g/mol. The zero-order valence-corrected chi connectivity index (χ0v) is 21.3. The van der Waals surface area contributed by atoms with E-state index in [2.05, 4.69) is 47.9 Å². The van der Waals surface area contributed by atoms with Gasteiger partial charge in [0.05, 0.1) is 16.1 Å². The number of nitriles is 1. The second-order valence-corrected chi connectivity index (χ2v) is 11.1. The molecule has 1 aliphatic carbocycles. The Labute approximate surface area is 211 Å². The van der Waals surface area contributed by atoms with E-state index in [0.29, 0.717) is 33.8 Å². The van der Waals surface area contributed by atoms with Gasteiger partial charge < -0.3 is 20.1 Å². The number of aliphatic hydroxyl groups excluding tert-OH is 1. The molecule has 2 aromatic rings. The van der Waals surface area contributed by atoms with Crippen molar-refractivity contribution in [2.24, 2.45) is 16.7 Å². The summed E-state index contributed by atoms with van der Waals surface area (Å²) in [4.78, 5) is 24.0. The van der Waals surface area contributed by atoms with E-state index in [-0.39, 0.29) is 35.5 Å². The first-order chi connectivity index (χ1) is 16.6. The molecule has 0 radical (unpaired) electrons. The van der Waals surface area contributed by atoms with Crippen LogP contribution in [0.25, 0.3) is 0 Å². The van der Waals surface area contributed by atoms with E-state index in [1.807, 2.05) is 6.07 Å². The fourth-order valence-electron chi connectivity index (χ4n) is 5.73. The van der Waals surface area contributed by atoms with Crippen LogP contribution in [0.15, 0.2) is 30.6 Å². The van der Waals surface area contributed by atoms with Gasteiger partial charge in [-0.05, 0) is 30.9 Å². The zero-order chi connectivity index (χ0) is 25.4. The molecule has 2 heterocycles. The number of nitrogens with zero attached hydrogens (tertiary/aromatic N) is 4. The van der Waals surface area contributed by atoms with Crippen LogP contribution in [-0.4, -0.2) is 52.8 Å². The number of benzene rings is 1. The SMILES string of the molecule is CC1(C)[C@H](NC(=O)c2cnc(N3CCC(CO)CC3)nc2)C(C)(C)[C@H]1Oc1ccc(C#N)c(Cl)c1. The van der Waals surface area contributed by atoms with Gasteiger partial charge in [-0.1, -0.05) is 39.3 Å². The molecule has 4 rings (SSSR count). The van der Waals surface area contributed by atoms with Crippen molar-refractivity contribution < 1.29 is 14.6 Å². The number of piperidine rings is 1. The van der Waals surface area contributed by atoms with Gasteiger partial charge in [0.2, 0.25) is 5.95 Å². The fraction of sp³-hybridized carbons (Fsp3) is 0.538. The van der Waals surface area contributed by atoms with Crippen LogP contribution < -0.4 is 15.0 Å². The Morgan fingerprint density at radius 2 is 1.86 bits per heavy atom. The molecule has 9 heteroatoms. The minimum Gasteiger partial charge on any atom is -0.489 e. The van der Waals surface area contributed by atoms with Crippen molar-refractivity contribution in [2.75, 3.05) is 24.6 Å². The Balaban J connectivity index is 1.40. The number of aliphatic hydroxyl groups is 1. The third-order valence-corrected chi connectivity index (χ3v) is 7.80. The first-order valence-corrected chi connectivity index (χ1v) is 12.3. The van der Waals surface area contributed by atoms with E-state index in [4.69, 9.17) is 21.6 Å². The molecule has 186 valence electrons. The third kappa shape index (κ3) is 4.80. The highest BCUT2D eigenvalue weighted by molar-refractivity contribution is 6.31. The van der Waals surface area contributed by atoms with Crippen LogP contribution in [0.1, 0.15) is 56.5 Å². The number of carbonyl (C=O) groups excluding carboxylic acids is 1. The minimum absolute atomic E-state index is 0.140. The normalized spacial score (nSPS) is 23.2. The summed E-state index contributed by atoms with van der Waals surface area (Å²) < 4.78 is 6.29. The summed E-state index contributed by atoms with van der Waals surface area (Å²) in [5.74, 6) is 1.32. The smallest absolute Gasteiger partial charge is 0.254 e. The molecule has 1 aromatic carbocycles. The van der Waals surface area contributed by atoms with E-state index in [1.54, 1.807) is 30.6 Å². The van der Waals surface area contributed by atoms with Gasteiger partial charge >= 0.3 is 0 Å². The topological polar surface area (TPSA) is 111 Å². The molecule has 0 atom stereocenters. The van der Waals surface area contributed by atoms with Gasteiger partial charge in [-0.3, -0.25) is 4.79 Å². The van der Waals surface area contributed by atoms with E-state index in [0.717, 1.165) is 25.9 Å². The molecule has 0 spiro atoms. The molecule has 2 fully saturated rings. The standard InChI is InChI=1S/C26H32ClN5O3/c1-25(2)22(26(3,4)23(25)35-19-6-5-17(12-28)20(27)11-19)31-21(34)18-13-29-24(30-14-18)32-9-7-16(15-33)8-10-32/h5-6,11,13-14,16,22-23,33H,7-10,15H2,1-4H3,(H,31,34)/t22-,23-. The Bertz CT molecular complexity index is 1100. The molecule has 35 heavy (non-hydrogen) atoms. The fourth-order valence-corrected chi connectivity index (χ4v) is 5.94. The van der Waals surface area contributed by atoms with Gasteiger partial charge in [0.1, 0.15) is 17.9 Å². The summed E-state index contributed by atoms with van der Waals surface area (Å²) in [6, 6.07) is 6.96. The second-order valence-electron chi connectivity index (χ2n) is 10.7. The molecule has 0 bridgehead atoms. The third-order valence-electron chi connectivity index (χ3n) is 7.49. The molecular weight excluding hydrogens is 466 g/mol. The molecular formula is C26H32ClN5O3. The quantitative estimate of drug-likeness (QED) is 0.623. The predicted octanol–water partition coefficient (Wildman–Crippen LogP) is 3.82. The van der Waals surface area contributed by atoms with Gasteiger partial charge in [-0.25, -0.2) is 9.97 Å². The lowest BCUT2D eigenvalue weighted by atomic mass is 9.49. The van der Waals surface area contributed by atoms with Crippen molar-refractivity contribution in [2.45, 2.75) is 52.7 Å². The van der Waals surface area contributed by atoms with E-state index < -0.39 is 0 Å². The van der Waals surface area contributed by atoms with Crippen molar-refractivity contribution in [3.63, 3.8) is 0 Å². The van der Waals surface area contributed by atoms with Gasteiger partial charge in [-0.15, -0.1) is 0 Å². The first kappa shape index (κ1) is 25.2. The number of hydrogen-bond donors (Lipinski definition) is 2. The van der Waals surface area contributed by atoms with Crippen LogP contribution in [0.4, 0.5) is 5.95 Å². The molecule has 1 aliphatic heterocycles. The van der Waals surface area contributed by atoms with Gasteiger partial charge in [-0.2, -0.15) is 5.26 Å². The Morgan fingerprint density at radius 1 is 1.23 bits per heavy atom. The highest BCUT2D eigenvalue weighted by Gasteiger charge is 2.64. The number of hydrogen-bond acceptors (Lipinski definition) is 7. The van der Waals surface area contributed by atoms with Crippen molar-refractivity contribution in [1.82, 2.24) is 15.3 Å². The number of anilines is 1.